The Kier molecular flexibility index (Phi) is 7.19. The van der Waals surface area contributed by atoms with Gasteiger partial charge in [-0.1, -0.05) is 55.0 Å². The lowest BCUT2D eigenvalue weighted by atomic mass is 9.80. The normalized spacial score (nSPS) is 22.1. The number of carbonyl (C=O) groups excluding carboxylic acids is 1. The molecular formula is C26H31F3N2O. The molecule has 0 radical (unpaired) electrons. The summed E-state index contributed by atoms with van der Waals surface area (Å²) in [6, 6.07) is 16.4. The molecule has 2 aliphatic rings. The molecule has 0 aromatic heterocycles. The van der Waals surface area contributed by atoms with E-state index in [2.05, 4.69) is 34.5 Å². The van der Waals surface area contributed by atoms with Crippen LogP contribution >= 0.6 is 0 Å². The van der Waals surface area contributed by atoms with Gasteiger partial charge in [0, 0.05) is 19.0 Å². The Labute approximate surface area is 188 Å². The summed E-state index contributed by atoms with van der Waals surface area (Å²) in [5.41, 5.74) is 4.38. The second-order valence-electron chi connectivity index (χ2n) is 9.16. The van der Waals surface area contributed by atoms with Gasteiger partial charge in [0.05, 0.1) is 5.92 Å². The first-order chi connectivity index (χ1) is 15.4. The second-order valence-corrected chi connectivity index (χ2v) is 9.16. The molecule has 1 aliphatic heterocycles. The Morgan fingerprint density at radius 1 is 0.969 bits per heavy atom. The average molecular weight is 445 g/mol. The first-order valence-electron chi connectivity index (χ1n) is 11.6. The van der Waals surface area contributed by atoms with Crippen LogP contribution in [0.3, 0.4) is 0 Å². The van der Waals surface area contributed by atoms with Crippen LogP contribution in [0.25, 0.3) is 11.1 Å². The minimum Gasteiger partial charge on any atom is -0.352 e. The van der Waals surface area contributed by atoms with Crippen LogP contribution in [0.5, 0.6) is 0 Å². The molecule has 2 fully saturated rings. The third kappa shape index (κ3) is 5.71. The fraction of sp³-hybridized carbons (Fsp3) is 0.500. The van der Waals surface area contributed by atoms with Gasteiger partial charge in [-0.25, -0.2) is 0 Å². The van der Waals surface area contributed by atoms with E-state index in [1.807, 2.05) is 24.3 Å². The van der Waals surface area contributed by atoms with Crippen molar-refractivity contribution in [1.29, 1.82) is 0 Å². The predicted octanol–water partition coefficient (Wildman–Crippen LogP) is 5.93. The summed E-state index contributed by atoms with van der Waals surface area (Å²) in [5.74, 6) is -2.19. The van der Waals surface area contributed by atoms with Crippen LogP contribution in [0.15, 0.2) is 48.5 Å². The fourth-order valence-electron chi connectivity index (χ4n) is 5.00. The second kappa shape index (κ2) is 10.1. The highest BCUT2D eigenvalue weighted by molar-refractivity contribution is 5.79. The van der Waals surface area contributed by atoms with Gasteiger partial charge in [0.15, 0.2) is 0 Å². The SMILES string of the molecule is O=C(NCc1ccccc1-c1ccc(CN2CCCC2)cc1)C1CCCC(C(F)(F)F)C1. The number of nitrogens with one attached hydrogen (secondary N) is 1. The van der Waals surface area contributed by atoms with E-state index in [0.29, 0.717) is 19.4 Å². The topological polar surface area (TPSA) is 32.3 Å². The van der Waals surface area contributed by atoms with Crippen molar-refractivity contribution in [3.8, 4) is 11.1 Å². The lowest BCUT2D eigenvalue weighted by Gasteiger charge is -2.29. The number of hydrogen-bond donors (Lipinski definition) is 1. The highest BCUT2D eigenvalue weighted by Gasteiger charge is 2.43. The Morgan fingerprint density at radius 3 is 2.41 bits per heavy atom. The summed E-state index contributed by atoms with van der Waals surface area (Å²) < 4.78 is 39.2. The van der Waals surface area contributed by atoms with E-state index in [0.717, 1.165) is 36.3 Å². The molecule has 0 bridgehead atoms. The molecule has 1 heterocycles. The smallest absolute Gasteiger partial charge is 0.352 e. The van der Waals surface area contributed by atoms with Crippen molar-refractivity contribution in [3.63, 3.8) is 0 Å². The summed E-state index contributed by atoms with van der Waals surface area (Å²) in [4.78, 5) is 15.1. The van der Waals surface area contributed by atoms with Crippen LogP contribution in [-0.4, -0.2) is 30.1 Å². The highest BCUT2D eigenvalue weighted by atomic mass is 19.4. The van der Waals surface area contributed by atoms with Crippen molar-refractivity contribution in [3.05, 3.63) is 59.7 Å². The molecule has 3 nitrogen and oxygen atoms in total. The largest absolute Gasteiger partial charge is 0.391 e. The third-order valence-corrected chi connectivity index (χ3v) is 6.85. The third-order valence-electron chi connectivity index (χ3n) is 6.85. The van der Waals surface area contributed by atoms with Gasteiger partial charge >= 0.3 is 6.18 Å². The van der Waals surface area contributed by atoms with Gasteiger partial charge < -0.3 is 5.32 Å². The zero-order valence-corrected chi connectivity index (χ0v) is 18.3. The first kappa shape index (κ1) is 22.8. The number of rotatable bonds is 6. The number of carbonyl (C=O) groups is 1. The summed E-state index contributed by atoms with van der Waals surface area (Å²) >= 11 is 0. The van der Waals surface area contributed by atoms with E-state index >= 15 is 0 Å². The van der Waals surface area contributed by atoms with Gasteiger partial charge in [-0.15, -0.1) is 0 Å². The molecule has 1 N–H and O–H groups in total. The van der Waals surface area contributed by atoms with E-state index in [1.54, 1.807) is 0 Å². The number of alkyl halides is 3. The highest BCUT2D eigenvalue weighted by Crippen LogP contribution is 2.40. The van der Waals surface area contributed by atoms with Crippen LogP contribution in [0.1, 0.15) is 49.7 Å². The number of benzene rings is 2. The quantitative estimate of drug-likeness (QED) is 0.599. The molecule has 1 aliphatic carbocycles. The molecule has 0 spiro atoms. The van der Waals surface area contributed by atoms with Gasteiger partial charge in [-0.3, -0.25) is 9.69 Å². The lowest BCUT2D eigenvalue weighted by molar-refractivity contribution is -0.186. The molecule has 32 heavy (non-hydrogen) atoms. The number of halogens is 3. The van der Waals surface area contributed by atoms with Crippen molar-refractivity contribution in [2.45, 2.75) is 57.8 Å². The van der Waals surface area contributed by atoms with Crippen molar-refractivity contribution >= 4 is 5.91 Å². The molecule has 4 rings (SSSR count). The van der Waals surface area contributed by atoms with Gasteiger partial charge in [-0.2, -0.15) is 13.2 Å². The standard InChI is InChI=1S/C26H31F3N2O/c27-26(28,29)23-8-5-7-21(16-23)25(32)30-17-22-6-1-2-9-24(22)20-12-10-19(11-13-20)18-31-14-3-4-15-31/h1-2,6,9-13,21,23H,3-5,7-8,14-18H2,(H,30,32). The van der Waals surface area contributed by atoms with E-state index in [4.69, 9.17) is 0 Å². The molecule has 1 saturated heterocycles. The molecular weight excluding hydrogens is 413 g/mol. The predicted molar refractivity (Wildman–Crippen MR) is 120 cm³/mol. The van der Waals surface area contributed by atoms with Gasteiger partial charge in [0.25, 0.3) is 0 Å². The van der Waals surface area contributed by atoms with Crippen LogP contribution in [0.4, 0.5) is 13.2 Å². The minimum atomic E-state index is -4.22. The monoisotopic (exact) mass is 444 g/mol. The fourth-order valence-corrected chi connectivity index (χ4v) is 5.00. The number of hydrogen-bond acceptors (Lipinski definition) is 2. The zero-order valence-electron chi connectivity index (χ0n) is 18.3. The molecule has 2 aromatic rings. The molecule has 6 heteroatoms. The average Bonchev–Trinajstić information content (AvgIpc) is 3.31. The Morgan fingerprint density at radius 2 is 1.69 bits per heavy atom. The number of nitrogens with zero attached hydrogens (tertiary/aromatic N) is 1. The summed E-state index contributed by atoms with van der Waals surface area (Å²) in [7, 11) is 0. The maximum absolute atomic E-state index is 13.1. The summed E-state index contributed by atoms with van der Waals surface area (Å²) in [6.45, 7) is 3.61. The van der Waals surface area contributed by atoms with Crippen LogP contribution in [-0.2, 0) is 17.9 Å². The zero-order chi connectivity index (χ0) is 22.6. The summed E-state index contributed by atoms with van der Waals surface area (Å²) in [5, 5.41) is 2.90. The molecule has 1 amide bonds. The van der Waals surface area contributed by atoms with E-state index < -0.39 is 18.0 Å². The molecule has 2 unspecified atom stereocenters. The Hall–Kier alpha value is -2.34. The van der Waals surface area contributed by atoms with Crippen molar-refractivity contribution in [2.24, 2.45) is 11.8 Å². The molecule has 172 valence electrons. The van der Waals surface area contributed by atoms with E-state index in [-0.39, 0.29) is 18.7 Å². The van der Waals surface area contributed by atoms with Crippen LogP contribution in [0, 0.1) is 11.8 Å². The molecule has 1 saturated carbocycles. The molecule has 2 aromatic carbocycles. The maximum atomic E-state index is 13.1. The maximum Gasteiger partial charge on any atom is 0.391 e. The number of amides is 1. The molecule has 2 atom stereocenters. The first-order valence-corrected chi connectivity index (χ1v) is 11.6. The van der Waals surface area contributed by atoms with Gasteiger partial charge in [0.2, 0.25) is 5.91 Å². The Balaban J connectivity index is 1.38. The van der Waals surface area contributed by atoms with Gasteiger partial charge in [-0.05, 0) is 67.4 Å². The van der Waals surface area contributed by atoms with Crippen LogP contribution < -0.4 is 5.32 Å². The van der Waals surface area contributed by atoms with Gasteiger partial charge in [0.1, 0.15) is 0 Å². The number of likely N-dealkylation sites (tertiary alicyclic amines) is 1. The van der Waals surface area contributed by atoms with Crippen molar-refractivity contribution < 1.29 is 18.0 Å². The van der Waals surface area contributed by atoms with Crippen molar-refractivity contribution in [2.75, 3.05) is 13.1 Å². The minimum absolute atomic E-state index is 0.102. The lowest BCUT2D eigenvalue weighted by Crippen LogP contribution is -2.37. The Bertz CT molecular complexity index is 904. The van der Waals surface area contributed by atoms with E-state index in [1.165, 1.54) is 18.4 Å². The van der Waals surface area contributed by atoms with Crippen LogP contribution in [0.2, 0.25) is 0 Å². The van der Waals surface area contributed by atoms with Crippen molar-refractivity contribution in [1.82, 2.24) is 10.2 Å². The van der Waals surface area contributed by atoms with E-state index in [9.17, 15) is 18.0 Å². The summed E-state index contributed by atoms with van der Waals surface area (Å²) in [6.07, 6.45) is -0.670.